The fraction of sp³-hybridized carbons (Fsp3) is 0.538. The lowest BCUT2D eigenvalue weighted by Crippen LogP contribution is -2.31. The van der Waals surface area contributed by atoms with E-state index in [9.17, 15) is 9.59 Å². The van der Waals surface area contributed by atoms with Crippen molar-refractivity contribution < 1.29 is 19.4 Å². The SMILES string of the molecule is O=CN1CCCC1COC1=CC=C(C(=O)O)CC1. The smallest absolute Gasteiger partial charge is 0.331 e. The molecule has 1 aliphatic heterocycles. The van der Waals surface area contributed by atoms with Crippen LogP contribution in [0.2, 0.25) is 0 Å². The molecule has 1 fully saturated rings. The number of amides is 1. The summed E-state index contributed by atoms with van der Waals surface area (Å²) < 4.78 is 5.65. The molecule has 2 rings (SSSR count). The standard InChI is InChI=1S/C13H17NO4/c15-9-14-7-1-2-11(14)8-18-12-5-3-10(4-6-12)13(16)17/h3,5,9,11H,1-2,4,6-8H2,(H,16,17). The molecule has 0 bridgehead atoms. The number of hydrogen-bond donors (Lipinski definition) is 1. The topological polar surface area (TPSA) is 66.8 Å². The number of hydrogen-bond acceptors (Lipinski definition) is 3. The molecule has 1 atom stereocenters. The van der Waals surface area contributed by atoms with Crippen LogP contribution in [0.25, 0.3) is 0 Å². The molecule has 1 N–H and O–H groups in total. The molecule has 5 nitrogen and oxygen atoms in total. The van der Waals surface area contributed by atoms with Crippen molar-refractivity contribution in [2.45, 2.75) is 31.7 Å². The first kappa shape index (κ1) is 12.7. The van der Waals surface area contributed by atoms with Crippen LogP contribution >= 0.6 is 0 Å². The second-order valence-corrected chi connectivity index (χ2v) is 4.58. The molecule has 0 saturated carbocycles. The maximum Gasteiger partial charge on any atom is 0.331 e. The predicted molar refractivity (Wildman–Crippen MR) is 64.8 cm³/mol. The molecule has 1 heterocycles. The summed E-state index contributed by atoms with van der Waals surface area (Å²) in [6, 6.07) is 0.160. The number of nitrogens with zero attached hydrogens (tertiary/aromatic N) is 1. The van der Waals surface area contributed by atoms with Gasteiger partial charge in [0.05, 0.1) is 11.8 Å². The van der Waals surface area contributed by atoms with E-state index in [0.29, 0.717) is 25.0 Å². The molecule has 1 aliphatic carbocycles. The second-order valence-electron chi connectivity index (χ2n) is 4.58. The van der Waals surface area contributed by atoms with Gasteiger partial charge in [0.25, 0.3) is 0 Å². The van der Waals surface area contributed by atoms with Crippen LogP contribution in [0.15, 0.2) is 23.5 Å². The molecule has 18 heavy (non-hydrogen) atoms. The number of aliphatic carboxylic acids is 1. The van der Waals surface area contributed by atoms with Crippen LogP contribution in [-0.4, -0.2) is 41.6 Å². The van der Waals surface area contributed by atoms with Crippen molar-refractivity contribution in [2.75, 3.05) is 13.2 Å². The average molecular weight is 251 g/mol. The third kappa shape index (κ3) is 2.91. The van der Waals surface area contributed by atoms with Gasteiger partial charge in [0.1, 0.15) is 6.61 Å². The summed E-state index contributed by atoms with van der Waals surface area (Å²) in [5.74, 6) is -0.0639. The Morgan fingerprint density at radius 3 is 2.94 bits per heavy atom. The Morgan fingerprint density at radius 1 is 1.50 bits per heavy atom. The molecule has 1 saturated heterocycles. The molecule has 0 radical (unpaired) electrons. The average Bonchev–Trinajstić information content (AvgIpc) is 2.84. The summed E-state index contributed by atoms with van der Waals surface area (Å²) in [7, 11) is 0. The predicted octanol–water partition coefficient (Wildman–Crippen LogP) is 1.31. The molecule has 1 unspecified atom stereocenters. The molecule has 5 heteroatoms. The first-order valence-corrected chi connectivity index (χ1v) is 6.17. The van der Waals surface area contributed by atoms with E-state index >= 15 is 0 Å². The lowest BCUT2D eigenvalue weighted by Gasteiger charge is -2.22. The first-order chi connectivity index (χ1) is 8.70. The lowest BCUT2D eigenvalue weighted by atomic mass is 10.0. The monoisotopic (exact) mass is 251 g/mol. The number of carbonyl (C=O) groups excluding carboxylic acids is 1. The molecule has 0 aromatic rings. The summed E-state index contributed by atoms with van der Waals surface area (Å²) in [5, 5.41) is 8.81. The highest BCUT2D eigenvalue weighted by molar-refractivity contribution is 5.87. The van der Waals surface area contributed by atoms with Crippen LogP contribution in [0, 0.1) is 0 Å². The molecule has 0 aromatic carbocycles. The van der Waals surface area contributed by atoms with E-state index < -0.39 is 5.97 Å². The van der Waals surface area contributed by atoms with Crippen LogP contribution in [0.5, 0.6) is 0 Å². The fourth-order valence-electron chi connectivity index (χ4n) is 2.30. The maximum atomic E-state index is 10.8. The molecule has 1 amide bonds. The minimum atomic E-state index is -0.867. The highest BCUT2D eigenvalue weighted by Gasteiger charge is 2.24. The van der Waals surface area contributed by atoms with E-state index in [1.54, 1.807) is 17.1 Å². The molecule has 0 aromatic heterocycles. The Labute approximate surface area is 106 Å². The number of carbonyl (C=O) groups is 2. The van der Waals surface area contributed by atoms with Crippen molar-refractivity contribution in [1.29, 1.82) is 0 Å². The number of likely N-dealkylation sites (tertiary alicyclic amines) is 1. The van der Waals surface area contributed by atoms with Crippen LogP contribution < -0.4 is 0 Å². The summed E-state index contributed by atoms with van der Waals surface area (Å²) >= 11 is 0. The van der Waals surface area contributed by atoms with Crippen LogP contribution in [0.1, 0.15) is 25.7 Å². The highest BCUT2D eigenvalue weighted by atomic mass is 16.5. The fourth-order valence-corrected chi connectivity index (χ4v) is 2.30. The minimum Gasteiger partial charge on any atom is -0.496 e. The number of rotatable bonds is 5. The molecule has 0 spiro atoms. The van der Waals surface area contributed by atoms with Gasteiger partial charge in [-0.25, -0.2) is 4.79 Å². The zero-order chi connectivity index (χ0) is 13.0. The van der Waals surface area contributed by atoms with E-state index in [1.165, 1.54) is 0 Å². The Morgan fingerprint density at radius 2 is 2.33 bits per heavy atom. The van der Waals surface area contributed by atoms with Crippen molar-refractivity contribution in [2.24, 2.45) is 0 Å². The van der Waals surface area contributed by atoms with Gasteiger partial charge in [-0.05, 0) is 31.4 Å². The number of allylic oxidation sites excluding steroid dienone is 3. The van der Waals surface area contributed by atoms with Crippen molar-refractivity contribution in [3.8, 4) is 0 Å². The Hall–Kier alpha value is -1.78. The van der Waals surface area contributed by atoms with E-state index in [1.807, 2.05) is 0 Å². The summed E-state index contributed by atoms with van der Waals surface area (Å²) in [6.07, 6.45) is 7.30. The van der Waals surface area contributed by atoms with Crippen molar-refractivity contribution in [1.82, 2.24) is 4.90 Å². The molecule has 98 valence electrons. The largest absolute Gasteiger partial charge is 0.496 e. The van der Waals surface area contributed by atoms with Gasteiger partial charge in [0.2, 0.25) is 6.41 Å². The van der Waals surface area contributed by atoms with Gasteiger partial charge in [0, 0.05) is 18.5 Å². The van der Waals surface area contributed by atoms with Crippen molar-refractivity contribution >= 4 is 12.4 Å². The minimum absolute atomic E-state index is 0.160. The van der Waals surface area contributed by atoms with Crippen LogP contribution in [0.4, 0.5) is 0 Å². The second kappa shape index (κ2) is 5.71. The van der Waals surface area contributed by atoms with Crippen molar-refractivity contribution in [3.63, 3.8) is 0 Å². The van der Waals surface area contributed by atoms with Gasteiger partial charge in [-0.3, -0.25) is 4.79 Å². The summed E-state index contributed by atoms with van der Waals surface area (Å²) in [4.78, 5) is 23.3. The number of carboxylic acids is 1. The zero-order valence-corrected chi connectivity index (χ0v) is 10.2. The zero-order valence-electron chi connectivity index (χ0n) is 10.2. The van der Waals surface area contributed by atoms with E-state index in [4.69, 9.17) is 9.84 Å². The molecular formula is C13H17NO4. The van der Waals surface area contributed by atoms with Gasteiger partial charge in [-0.1, -0.05) is 0 Å². The first-order valence-electron chi connectivity index (χ1n) is 6.17. The summed E-state index contributed by atoms with van der Waals surface area (Å²) in [6.45, 7) is 1.31. The van der Waals surface area contributed by atoms with Gasteiger partial charge in [-0.15, -0.1) is 0 Å². The number of ether oxygens (including phenoxy) is 1. The third-order valence-electron chi connectivity index (χ3n) is 3.41. The lowest BCUT2D eigenvalue weighted by molar-refractivity contribution is -0.132. The van der Waals surface area contributed by atoms with Gasteiger partial charge >= 0.3 is 5.97 Å². The Bertz CT molecular complexity index is 400. The molecular weight excluding hydrogens is 234 g/mol. The quantitative estimate of drug-likeness (QED) is 0.748. The van der Waals surface area contributed by atoms with Crippen molar-refractivity contribution in [3.05, 3.63) is 23.5 Å². The van der Waals surface area contributed by atoms with Gasteiger partial charge < -0.3 is 14.7 Å². The highest BCUT2D eigenvalue weighted by Crippen LogP contribution is 2.22. The Kier molecular flexibility index (Phi) is 4.02. The Balaban J connectivity index is 1.84. The number of carboxylic acid groups (broad SMARTS) is 1. The van der Waals surface area contributed by atoms with E-state index in [0.717, 1.165) is 31.6 Å². The summed E-state index contributed by atoms with van der Waals surface area (Å²) in [5.41, 5.74) is 0.415. The molecule has 2 aliphatic rings. The normalized spacial score (nSPS) is 23.3. The van der Waals surface area contributed by atoms with Gasteiger partial charge in [-0.2, -0.15) is 0 Å². The van der Waals surface area contributed by atoms with E-state index in [-0.39, 0.29) is 6.04 Å². The van der Waals surface area contributed by atoms with E-state index in [2.05, 4.69) is 0 Å². The van der Waals surface area contributed by atoms with Gasteiger partial charge in [0.15, 0.2) is 0 Å². The van der Waals surface area contributed by atoms with Crippen LogP contribution in [-0.2, 0) is 14.3 Å². The van der Waals surface area contributed by atoms with Crippen LogP contribution in [0.3, 0.4) is 0 Å². The maximum absolute atomic E-state index is 10.8. The third-order valence-corrected chi connectivity index (χ3v) is 3.41.